The average Bonchev–Trinajstić information content (AvgIpc) is 2.25. The van der Waals surface area contributed by atoms with E-state index in [1.54, 1.807) is 7.11 Å². The molecule has 6 heteroatoms. The summed E-state index contributed by atoms with van der Waals surface area (Å²) in [6.45, 7) is 1.52. The molecule has 0 aromatic rings. The van der Waals surface area contributed by atoms with Crippen molar-refractivity contribution in [3.8, 4) is 0 Å². The van der Waals surface area contributed by atoms with Gasteiger partial charge in [0.1, 0.15) is 0 Å². The highest BCUT2D eigenvalue weighted by molar-refractivity contribution is 5.81. The SMILES string of the molecule is COCCC(N)C(=O)NCCOCCO. The second kappa shape index (κ2) is 9.85. The van der Waals surface area contributed by atoms with Crippen LogP contribution in [0.25, 0.3) is 0 Å². The van der Waals surface area contributed by atoms with Gasteiger partial charge in [-0.05, 0) is 6.42 Å². The third-order valence-corrected chi connectivity index (χ3v) is 1.75. The van der Waals surface area contributed by atoms with Crippen molar-refractivity contribution in [3.63, 3.8) is 0 Å². The standard InChI is InChI=1S/C9H20N2O4/c1-14-5-2-8(10)9(13)11-3-6-15-7-4-12/h8,12H,2-7,10H2,1H3,(H,11,13). The van der Waals surface area contributed by atoms with E-state index < -0.39 is 6.04 Å². The van der Waals surface area contributed by atoms with Crippen LogP contribution >= 0.6 is 0 Å². The van der Waals surface area contributed by atoms with E-state index in [0.717, 1.165) is 0 Å². The molecular weight excluding hydrogens is 200 g/mol. The molecule has 0 fully saturated rings. The van der Waals surface area contributed by atoms with E-state index in [1.807, 2.05) is 0 Å². The first-order valence-electron chi connectivity index (χ1n) is 4.93. The summed E-state index contributed by atoms with van der Waals surface area (Å²) in [6.07, 6.45) is 0.500. The number of methoxy groups -OCH3 is 1. The Labute approximate surface area is 89.7 Å². The van der Waals surface area contributed by atoms with Crippen LogP contribution in [0.2, 0.25) is 0 Å². The average molecular weight is 220 g/mol. The molecule has 1 unspecified atom stereocenters. The topological polar surface area (TPSA) is 93.8 Å². The Morgan fingerprint density at radius 1 is 1.47 bits per heavy atom. The van der Waals surface area contributed by atoms with Crippen molar-refractivity contribution >= 4 is 5.91 Å². The third kappa shape index (κ3) is 8.31. The normalized spacial score (nSPS) is 12.5. The summed E-state index contributed by atoms with van der Waals surface area (Å²) in [4.78, 5) is 11.3. The monoisotopic (exact) mass is 220 g/mol. The summed E-state index contributed by atoms with van der Waals surface area (Å²) in [5, 5.41) is 11.0. The van der Waals surface area contributed by atoms with Gasteiger partial charge in [-0.25, -0.2) is 0 Å². The first-order valence-corrected chi connectivity index (χ1v) is 4.93. The van der Waals surface area contributed by atoms with Gasteiger partial charge in [-0.2, -0.15) is 0 Å². The van der Waals surface area contributed by atoms with E-state index in [0.29, 0.717) is 26.2 Å². The van der Waals surface area contributed by atoms with E-state index in [-0.39, 0.29) is 19.1 Å². The molecule has 4 N–H and O–H groups in total. The van der Waals surface area contributed by atoms with Gasteiger partial charge in [-0.3, -0.25) is 4.79 Å². The van der Waals surface area contributed by atoms with Crippen LogP contribution in [-0.2, 0) is 14.3 Å². The molecule has 15 heavy (non-hydrogen) atoms. The molecule has 0 spiro atoms. The van der Waals surface area contributed by atoms with Crippen molar-refractivity contribution in [2.45, 2.75) is 12.5 Å². The molecule has 0 aliphatic rings. The van der Waals surface area contributed by atoms with Gasteiger partial charge in [0, 0.05) is 20.3 Å². The van der Waals surface area contributed by atoms with Crippen molar-refractivity contribution < 1.29 is 19.4 Å². The zero-order chi connectivity index (χ0) is 11.5. The minimum Gasteiger partial charge on any atom is -0.394 e. The van der Waals surface area contributed by atoms with Crippen LogP contribution in [-0.4, -0.2) is 57.1 Å². The number of hydrogen-bond acceptors (Lipinski definition) is 5. The molecule has 0 aromatic carbocycles. The van der Waals surface area contributed by atoms with Gasteiger partial charge in [0.2, 0.25) is 5.91 Å². The first-order chi connectivity index (χ1) is 7.22. The number of aliphatic hydroxyl groups excluding tert-OH is 1. The molecule has 0 bridgehead atoms. The number of hydrogen-bond donors (Lipinski definition) is 3. The van der Waals surface area contributed by atoms with Crippen LogP contribution in [0.3, 0.4) is 0 Å². The smallest absolute Gasteiger partial charge is 0.237 e. The van der Waals surface area contributed by atoms with Crippen LogP contribution in [0.5, 0.6) is 0 Å². The van der Waals surface area contributed by atoms with Crippen LogP contribution in [0.4, 0.5) is 0 Å². The number of rotatable bonds is 9. The zero-order valence-corrected chi connectivity index (χ0v) is 9.07. The summed E-state index contributed by atoms with van der Waals surface area (Å²) in [5.41, 5.74) is 5.57. The maximum atomic E-state index is 11.3. The second-order valence-electron chi connectivity index (χ2n) is 3.01. The van der Waals surface area contributed by atoms with E-state index >= 15 is 0 Å². The van der Waals surface area contributed by atoms with Crippen molar-refractivity contribution in [2.24, 2.45) is 5.73 Å². The highest BCUT2D eigenvalue weighted by Crippen LogP contribution is 1.88. The first kappa shape index (κ1) is 14.3. The Morgan fingerprint density at radius 2 is 2.20 bits per heavy atom. The molecule has 0 aromatic heterocycles. The lowest BCUT2D eigenvalue weighted by atomic mass is 10.2. The largest absolute Gasteiger partial charge is 0.394 e. The van der Waals surface area contributed by atoms with Gasteiger partial charge in [0.15, 0.2) is 0 Å². The second-order valence-corrected chi connectivity index (χ2v) is 3.01. The third-order valence-electron chi connectivity index (χ3n) is 1.75. The predicted molar refractivity (Wildman–Crippen MR) is 55.4 cm³/mol. The van der Waals surface area contributed by atoms with Crippen LogP contribution in [0.15, 0.2) is 0 Å². The van der Waals surface area contributed by atoms with E-state index in [9.17, 15) is 4.79 Å². The lowest BCUT2D eigenvalue weighted by molar-refractivity contribution is -0.123. The fourth-order valence-electron chi connectivity index (χ4n) is 0.920. The summed E-state index contributed by atoms with van der Waals surface area (Å²) >= 11 is 0. The van der Waals surface area contributed by atoms with E-state index in [2.05, 4.69) is 5.32 Å². The van der Waals surface area contributed by atoms with Crippen molar-refractivity contribution in [3.05, 3.63) is 0 Å². The molecule has 1 atom stereocenters. The lowest BCUT2D eigenvalue weighted by Gasteiger charge is -2.11. The highest BCUT2D eigenvalue weighted by Gasteiger charge is 2.11. The minimum absolute atomic E-state index is 0.0126. The molecule has 0 aliphatic heterocycles. The molecule has 0 saturated heterocycles. The fourth-order valence-corrected chi connectivity index (χ4v) is 0.920. The summed E-state index contributed by atoms with van der Waals surface area (Å²) in [6, 6.07) is -0.539. The lowest BCUT2D eigenvalue weighted by Crippen LogP contribution is -2.42. The maximum absolute atomic E-state index is 11.3. The molecule has 90 valence electrons. The number of nitrogens with two attached hydrogens (primary N) is 1. The number of carbonyl (C=O) groups is 1. The number of nitrogens with one attached hydrogen (secondary N) is 1. The minimum atomic E-state index is -0.539. The summed E-state index contributed by atoms with van der Waals surface area (Å²) in [5.74, 6) is -0.209. The number of ether oxygens (including phenoxy) is 2. The number of aliphatic hydroxyl groups is 1. The van der Waals surface area contributed by atoms with Crippen LogP contribution in [0, 0.1) is 0 Å². The van der Waals surface area contributed by atoms with Gasteiger partial charge < -0.3 is 25.6 Å². The molecule has 6 nitrogen and oxygen atoms in total. The van der Waals surface area contributed by atoms with Gasteiger partial charge in [-0.15, -0.1) is 0 Å². The highest BCUT2D eigenvalue weighted by atomic mass is 16.5. The Hall–Kier alpha value is -0.690. The van der Waals surface area contributed by atoms with E-state index in [4.69, 9.17) is 20.3 Å². The van der Waals surface area contributed by atoms with Crippen LogP contribution in [0.1, 0.15) is 6.42 Å². The van der Waals surface area contributed by atoms with Gasteiger partial charge in [0.25, 0.3) is 0 Å². The summed E-state index contributed by atoms with van der Waals surface area (Å²) < 4.78 is 9.77. The van der Waals surface area contributed by atoms with Crippen LogP contribution < -0.4 is 11.1 Å². The predicted octanol–water partition coefficient (Wildman–Crippen LogP) is -1.52. The van der Waals surface area contributed by atoms with Gasteiger partial charge >= 0.3 is 0 Å². The van der Waals surface area contributed by atoms with Gasteiger partial charge in [-0.1, -0.05) is 0 Å². The quantitative estimate of drug-likeness (QED) is 0.410. The van der Waals surface area contributed by atoms with E-state index in [1.165, 1.54) is 0 Å². The molecule has 0 aliphatic carbocycles. The molecule has 0 saturated carbocycles. The Bertz CT molecular complexity index is 166. The Balaban J connectivity index is 3.38. The molecule has 1 amide bonds. The Morgan fingerprint density at radius 3 is 2.80 bits per heavy atom. The van der Waals surface area contributed by atoms with Crippen molar-refractivity contribution in [1.82, 2.24) is 5.32 Å². The zero-order valence-electron chi connectivity index (χ0n) is 9.07. The van der Waals surface area contributed by atoms with Gasteiger partial charge in [0.05, 0.1) is 25.9 Å². The Kier molecular flexibility index (Phi) is 9.40. The maximum Gasteiger partial charge on any atom is 0.237 e. The van der Waals surface area contributed by atoms with Crippen molar-refractivity contribution in [2.75, 3.05) is 40.1 Å². The summed E-state index contributed by atoms with van der Waals surface area (Å²) in [7, 11) is 1.56. The fraction of sp³-hybridized carbons (Fsp3) is 0.889. The molecular formula is C9H20N2O4. The van der Waals surface area contributed by atoms with Crippen molar-refractivity contribution in [1.29, 1.82) is 0 Å². The number of amides is 1. The molecule has 0 radical (unpaired) electrons. The molecule has 0 heterocycles. The number of carbonyl (C=O) groups excluding carboxylic acids is 1. The molecule has 0 rings (SSSR count).